The number of hydrogen-bond donors (Lipinski definition) is 1. The Bertz CT molecular complexity index is 440. The highest BCUT2D eigenvalue weighted by Crippen LogP contribution is 2.21. The summed E-state index contributed by atoms with van der Waals surface area (Å²) in [4.78, 5) is 4.55. The van der Waals surface area contributed by atoms with Gasteiger partial charge in [-0.15, -0.1) is 0 Å². The number of aromatic nitrogens is 2. The average Bonchev–Trinajstić information content (AvgIpc) is 3.33. The Kier molecular flexibility index (Phi) is 11.7. The van der Waals surface area contributed by atoms with Crippen LogP contribution in [0.3, 0.4) is 0 Å². The predicted octanol–water partition coefficient (Wildman–Crippen LogP) is 6.52. The van der Waals surface area contributed by atoms with Crippen molar-refractivity contribution in [1.29, 1.82) is 0 Å². The zero-order chi connectivity index (χ0) is 18.3. The van der Waals surface area contributed by atoms with Crippen LogP contribution in [-0.4, -0.2) is 16.7 Å². The van der Waals surface area contributed by atoms with Gasteiger partial charge in [-0.1, -0.05) is 95.6 Å². The maximum Gasteiger partial charge on any atom is 0.243 e. The Morgan fingerprint density at radius 2 is 1.42 bits per heavy atom. The molecule has 0 aliphatic carbocycles. The largest absolute Gasteiger partial charge is 0.338 e. The van der Waals surface area contributed by atoms with Crippen LogP contribution in [-0.2, 0) is 6.42 Å². The van der Waals surface area contributed by atoms with Crippen LogP contribution in [0.25, 0.3) is 0 Å². The predicted molar refractivity (Wildman–Crippen MR) is 108 cm³/mol. The minimum atomic E-state index is 0.299. The van der Waals surface area contributed by atoms with E-state index in [4.69, 9.17) is 4.52 Å². The molecule has 0 saturated carbocycles. The fraction of sp³-hybridized carbons (Fsp3) is 0.909. The van der Waals surface area contributed by atoms with E-state index in [0.29, 0.717) is 6.04 Å². The number of nitrogens with zero attached hydrogens (tertiary/aromatic N) is 2. The SMILES string of the molecule is CCCCCCCCCCCCCCCCc1noc(C2CCCN2)n1. The lowest BCUT2D eigenvalue weighted by Gasteiger charge is -2.03. The van der Waals surface area contributed by atoms with Gasteiger partial charge < -0.3 is 9.84 Å². The molecule has 1 aromatic rings. The van der Waals surface area contributed by atoms with Gasteiger partial charge >= 0.3 is 0 Å². The number of nitrogens with one attached hydrogen (secondary N) is 1. The van der Waals surface area contributed by atoms with Crippen LogP contribution in [0.5, 0.6) is 0 Å². The monoisotopic (exact) mass is 363 g/mol. The summed E-state index contributed by atoms with van der Waals surface area (Å²) in [7, 11) is 0. The summed E-state index contributed by atoms with van der Waals surface area (Å²) in [6.07, 6.45) is 22.8. The molecule has 2 heterocycles. The topological polar surface area (TPSA) is 51.0 Å². The van der Waals surface area contributed by atoms with E-state index >= 15 is 0 Å². The Hall–Kier alpha value is -0.900. The summed E-state index contributed by atoms with van der Waals surface area (Å²) >= 11 is 0. The zero-order valence-electron chi connectivity index (χ0n) is 17.1. The second kappa shape index (κ2) is 14.2. The summed E-state index contributed by atoms with van der Waals surface area (Å²) in [5.74, 6) is 1.69. The van der Waals surface area contributed by atoms with E-state index in [2.05, 4.69) is 22.4 Å². The van der Waals surface area contributed by atoms with Gasteiger partial charge in [-0.3, -0.25) is 0 Å². The summed E-state index contributed by atoms with van der Waals surface area (Å²) in [6, 6.07) is 0.299. The molecule has 150 valence electrons. The third-order valence-electron chi connectivity index (χ3n) is 5.60. The second-order valence-corrected chi connectivity index (χ2v) is 8.04. The van der Waals surface area contributed by atoms with Crippen molar-refractivity contribution in [2.24, 2.45) is 0 Å². The van der Waals surface area contributed by atoms with Crippen molar-refractivity contribution >= 4 is 0 Å². The molecule has 1 aromatic heterocycles. The standard InChI is InChI=1S/C22H41N3O/c1-2-3-4-5-6-7-8-9-10-11-12-13-14-15-18-21-24-22(26-25-21)20-17-16-19-23-20/h20,23H,2-19H2,1H3. The smallest absolute Gasteiger partial charge is 0.243 e. The molecule has 1 saturated heterocycles. The molecule has 1 unspecified atom stereocenters. The van der Waals surface area contributed by atoms with E-state index in [1.807, 2.05) is 0 Å². The van der Waals surface area contributed by atoms with E-state index < -0.39 is 0 Å². The molecule has 0 aromatic carbocycles. The van der Waals surface area contributed by atoms with Crippen LogP contribution in [0.1, 0.15) is 127 Å². The highest BCUT2D eigenvalue weighted by Gasteiger charge is 2.21. The lowest BCUT2D eigenvalue weighted by Crippen LogP contribution is -2.13. The average molecular weight is 364 g/mol. The molecule has 0 amide bonds. The maximum absolute atomic E-state index is 5.39. The molecule has 2 rings (SSSR count). The van der Waals surface area contributed by atoms with Gasteiger partial charge in [0.1, 0.15) is 0 Å². The number of rotatable bonds is 16. The van der Waals surface area contributed by atoms with Crippen molar-refractivity contribution in [3.8, 4) is 0 Å². The Morgan fingerprint density at radius 3 is 1.96 bits per heavy atom. The van der Waals surface area contributed by atoms with Gasteiger partial charge in [0.05, 0.1) is 6.04 Å². The Balaban J connectivity index is 1.34. The molecule has 26 heavy (non-hydrogen) atoms. The van der Waals surface area contributed by atoms with Gasteiger partial charge in [0.25, 0.3) is 0 Å². The van der Waals surface area contributed by atoms with Crippen LogP contribution >= 0.6 is 0 Å². The van der Waals surface area contributed by atoms with E-state index in [1.165, 1.54) is 96.3 Å². The van der Waals surface area contributed by atoms with Gasteiger partial charge in [0.2, 0.25) is 5.89 Å². The first kappa shape index (κ1) is 21.4. The van der Waals surface area contributed by atoms with Crippen molar-refractivity contribution in [1.82, 2.24) is 15.5 Å². The minimum Gasteiger partial charge on any atom is -0.338 e. The van der Waals surface area contributed by atoms with Crippen LogP contribution in [0.2, 0.25) is 0 Å². The molecule has 0 bridgehead atoms. The van der Waals surface area contributed by atoms with E-state index in [0.717, 1.165) is 31.1 Å². The van der Waals surface area contributed by atoms with Crippen molar-refractivity contribution in [2.45, 2.75) is 122 Å². The van der Waals surface area contributed by atoms with Crippen LogP contribution in [0, 0.1) is 0 Å². The molecule has 4 heteroatoms. The number of unbranched alkanes of at least 4 members (excludes halogenated alkanes) is 13. The van der Waals surface area contributed by atoms with Gasteiger partial charge in [-0.05, 0) is 25.8 Å². The fourth-order valence-corrected chi connectivity index (χ4v) is 3.88. The molecule has 1 aliphatic rings. The summed E-state index contributed by atoms with van der Waals surface area (Å²) < 4.78 is 5.39. The fourth-order valence-electron chi connectivity index (χ4n) is 3.88. The molecule has 4 nitrogen and oxygen atoms in total. The molecule has 0 spiro atoms. The molecular weight excluding hydrogens is 322 g/mol. The summed E-state index contributed by atoms with van der Waals surface area (Å²) in [6.45, 7) is 3.36. The lowest BCUT2D eigenvalue weighted by atomic mass is 10.0. The van der Waals surface area contributed by atoms with Gasteiger partial charge in [0, 0.05) is 6.42 Å². The molecule has 1 atom stereocenters. The first-order valence-electron chi connectivity index (χ1n) is 11.5. The number of aryl methyl sites for hydroxylation is 1. The van der Waals surface area contributed by atoms with Gasteiger partial charge in [-0.2, -0.15) is 4.98 Å². The molecule has 1 N–H and O–H groups in total. The molecule has 0 radical (unpaired) electrons. The quantitative estimate of drug-likeness (QED) is 0.340. The van der Waals surface area contributed by atoms with E-state index in [9.17, 15) is 0 Å². The molecule has 1 aliphatic heterocycles. The summed E-state index contributed by atoms with van der Waals surface area (Å²) in [5, 5.41) is 7.54. The second-order valence-electron chi connectivity index (χ2n) is 8.04. The van der Waals surface area contributed by atoms with E-state index in [1.54, 1.807) is 0 Å². The van der Waals surface area contributed by atoms with Crippen molar-refractivity contribution in [3.63, 3.8) is 0 Å². The van der Waals surface area contributed by atoms with Crippen LogP contribution < -0.4 is 5.32 Å². The normalized spacial score (nSPS) is 17.2. The Labute approximate surface area is 160 Å². The third-order valence-corrected chi connectivity index (χ3v) is 5.60. The number of hydrogen-bond acceptors (Lipinski definition) is 4. The highest BCUT2D eigenvalue weighted by atomic mass is 16.5. The van der Waals surface area contributed by atoms with Gasteiger partial charge in [-0.25, -0.2) is 0 Å². The van der Waals surface area contributed by atoms with Crippen molar-refractivity contribution in [2.75, 3.05) is 6.54 Å². The maximum atomic E-state index is 5.39. The summed E-state index contributed by atoms with van der Waals surface area (Å²) in [5.41, 5.74) is 0. The first-order chi connectivity index (χ1) is 12.9. The Morgan fingerprint density at radius 1 is 0.846 bits per heavy atom. The van der Waals surface area contributed by atoms with Crippen molar-refractivity contribution < 1.29 is 4.52 Å². The molecule has 1 fully saturated rings. The van der Waals surface area contributed by atoms with Crippen LogP contribution in [0.15, 0.2) is 4.52 Å². The van der Waals surface area contributed by atoms with Gasteiger partial charge in [0.15, 0.2) is 5.82 Å². The molecular formula is C22H41N3O. The lowest BCUT2D eigenvalue weighted by molar-refractivity contribution is 0.340. The highest BCUT2D eigenvalue weighted by molar-refractivity contribution is 4.95. The minimum absolute atomic E-state index is 0.299. The van der Waals surface area contributed by atoms with E-state index in [-0.39, 0.29) is 0 Å². The first-order valence-corrected chi connectivity index (χ1v) is 11.5. The zero-order valence-corrected chi connectivity index (χ0v) is 17.1. The van der Waals surface area contributed by atoms with Crippen LogP contribution in [0.4, 0.5) is 0 Å². The third kappa shape index (κ3) is 9.16. The van der Waals surface area contributed by atoms with Crippen molar-refractivity contribution in [3.05, 3.63) is 11.7 Å².